The fourth-order valence-electron chi connectivity index (χ4n) is 4.02. The molecule has 0 heterocycles. The molecule has 2 atom stereocenters. The molecule has 3 N–H and O–H groups in total. The predicted octanol–water partition coefficient (Wildman–Crippen LogP) is 2.88. The highest BCUT2D eigenvalue weighted by Crippen LogP contribution is 2.35. The first kappa shape index (κ1) is 20.9. The van der Waals surface area contributed by atoms with Gasteiger partial charge in [0.2, 0.25) is 5.91 Å². The number of halogens is 2. The zero-order chi connectivity index (χ0) is 21.1. The summed E-state index contributed by atoms with van der Waals surface area (Å²) >= 11 is 0. The standard InChI is InChI=1S/C22H24F2N2O3/c1-12(26-19(27)9-13-7-15(23)11-16(24)8-13)21(28)20-17-6-4-2-3-5-14(17)10-18(25)22(20)29/h7-8,10-12,20H,2-6,9,25H2,1H3,(H,26,27)/t12-,20?/m0/s1. The molecule has 0 saturated heterocycles. The van der Waals surface area contributed by atoms with E-state index in [1.165, 1.54) is 6.92 Å². The Balaban J connectivity index is 1.73. The molecular weight excluding hydrogens is 378 g/mol. The first-order valence-electron chi connectivity index (χ1n) is 9.77. The van der Waals surface area contributed by atoms with Gasteiger partial charge in [-0.3, -0.25) is 14.4 Å². The van der Waals surface area contributed by atoms with Crippen molar-refractivity contribution in [3.8, 4) is 0 Å². The van der Waals surface area contributed by atoms with Gasteiger partial charge in [-0.1, -0.05) is 6.42 Å². The lowest BCUT2D eigenvalue weighted by Crippen LogP contribution is -2.46. The topological polar surface area (TPSA) is 89.3 Å². The van der Waals surface area contributed by atoms with Gasteiger partial charge in [0.05, 0.1) is 18.2 Å². The molecule has 1 aromatic carbocycles. The number of allylic oxidation sites excluding steroid dienone is 4. The lowest BCUT2D eigenvalue weighted by Gasteiger charge is -2.27. The molecule has 1 aromatic rings. The molecule has 1 unspecified atom stereocenters. The maximum atomic E-state index is 13.3. The van der Waals surface area contributed by atoms with E-state index in [1.54, 1.807) is 6.08 Å². The number of nitrogens with one attached hydrogen (secondary N) is 1. The number of rotatable bonds is 5. The second kappa shape index (κ2) is 8.68. The van der Waals surface area contributed by atoms with Gasteiger partial charge < -0.3 is 11.1 Å². The highest BCUT2D eigenvalue weighted by atomic mass is 19.1. The summed E-state index contributed by atoms with van der Waals surface area (Å²) in [6.07, 6.45) is 5.73. The van der Waals surface area contributed by atoms with Gasteiger partial charge in [-0.05, 0) is 67.5 Å². The minimum Gasteiger partial charge on any atom is -0.396 e. The summed E-state index contributed by atoms with van der Waals surface area (Å²) in [5.41, 5.74) is 7.85. The molecule has 0 saturated carbocycles. The van der Waals surface area contributed by atoms with Crippen LogP contribution in [0.15, 0.2) is 41.1 Å². The smallest absolute Gasteiger partial charge is 0.224 e. The third-order valence-electron chi connectivity index (χ3n) is 5.41. The fourth-order valence-corrected chi connectivity index (χ4v) is 4.02. The van der Waals surface area contributed by atoms with Gasteiger partial charge in [0.1, 0.15) is 17.6 Å². The minimum atomic E-state index is -0.977. The third-order valence-corrected chi connectivity index (χ3v) is 5.41. The Morgan fingerprint density at radius 2 is 1.79 bits per heavy atom. The first-order chi connectivity index (χ1) is 13.8. The largest absolute Gasteiger partial charge is 0.396 e. The zero-order valence-corrected chi connectivity index (χ0v) is 16.3. The SMILES string of the molecule is C[C@H](NC(=O)Cc1cc(F)cc(F)c1)C(=O)C1C(=O)C(N)=CC2=C1CCCCC2. The van der Waals surface area contributed by atoms with Crippen LogP contribution in [0.5, 0.6) is 0 Å². The number of Topliss-reactive ketones (excluding diaryl/α,β-unsaturated/α-hetero) is 2. The lowest BCUT2D eigenvalue weighted by molar-refractivity contribution is -0.133. The van der Waals surface area contributed by atoms with Gasteiger partial charge in [0.15, 0.2) is 11.6 Å². The van der Waals surface area contributed by atoms with Crippen molar-refractivity contribution in [2.75, 3.05) is 0 Å². The van der Waals surface area contributed by atoms with Crippen LogP contribution in [-0.4, -0.2) is 23.5 Å². The average Bonchev–Trinajstić information content (AvgIpc) is 2.86. The lowest BCUT2D eigenvalue weighted by atomic mass is 9.78. The van der Waals surface area contributed by atoms with E-state index in [2.05, 4.69) is 5.32 Å². The van der Waals surface area contributed by atoms with E-state index in [9.17, 15) is 23.2 Å². The predicted molar refractivity (Wildman–Crippen MR) is 104 cm³/mol. The van der Waals surface area contributed by atoms with Crippen LogP contribution >= 0.6 is 0 Å². The van der Waals surface area contributed by atoms with Crippen molar-refractivity contribution in [2.24, 2.45) is 11.7 Å². The molecule has 29 heavy (non-hydrogen) atoms. The van der Waals surface area contributed by atoms with Crippen LogP contribution in [0.2, 0.25) is 0 Å². The Kier molecular flexibility index (Phi) is 6.25. The van der Waals surface area contributed by atoms with Gasteiger partial charge in [-0.2, -0.15) is 0 Å². The van der Waals surface area contributed by atoms with Gasteiger partial charge in [-0.25, -0.2) is 8.78 Å². The van der Waals surface area contributed by atoms with Gasteiger partial charge in [0.25, 0.3) is 0 Å². The van der Waals surface area contributed by atoms with E-state index in [0.29, 0.717) is 6.42 Å². The number of carbonyl (C=O) groups excluding carboxylic acids is 3. The minimum absolute atomic E-state index is 0.0674. The fraction of sp³-hybridized carbons (Fsp3) is 0.409. The van der Waals surface area contributed by atoms with Gasteiger partial charge in [0, 0.05) is 6.07 Å². The van der Waals surface area contributed by atoms with Crippen molar-refractivity contribution >= 4 is 17.5 Å². The molecule has 0 aromatic heterocycles. The number of carbonyl (C=O) groups is 3. The number of amides is 1. The van der Waals surface area contributed by atoms with Crippen molar-refractivity contribution < 1.29 is 23.2 Å². The van der Waals surface area contributed by atoms with Crippen molar-refractivity contribution in [3.05, 3.63) is 58.3 Å². The maximum Gasteiger partial charge on any atom is 0.224 e. The van der Waals surface area contributed by atoms with Crippen LogP contribution in [0.25, 0.3) is 0 Å². The average molecular weight is 402 g/mol. The molecule has 2 aliphatic rings. The summed E-state index contributed by atoms with van der Waals surface area (Å²) in [6.45, 7) is 1.51. The second-order valence-electron chi connectivity index (χ2n) is 7.65. The highest BCUT2D eigenvalue weighted by Gasteiger charge is 2.38. The monoisotopic (exact) mass is 402 g/mol. The van der Waals surface area contributed by atoms with E-state index in [4.69, 9.17) is 5.73 Å². The van der Waals surface area contributed by atoms with Gasteiger partial charge in [-0.15, -0.1) is 0 Å². The van der Waals surface area contributed by atoms with Gasteiger partial charge >= 0.3 is 0 Å². The number of hydrogen-bond donors (Lipinski definition) is 2. The summed E-state index contributed by atoms with van der Waals surface area (Å²) < 4.78 is 26.6. The maximum absolute atomic E-state index is 13.3. The molecule has 0 fully saturated rings. The van der Waals surface area contributed by atoms with Crippen molar-refractivity contribution in [1.29, 1.82) is 0 Å². The molecule has 5 nitrogen and oxygen atoms in total. The normalized spacial score (nSPS) is 20.4. The third kappa shape index (κ3) is 4.78. The molecule has 0 radical (unpaired) electrons. The number of benzene rings is 1. The molecular formula is C22H24F2N2O3. The quantitative estimate of drug-likeness (QED) is 0.741. The Hall–Kier alpha value is -2.83. The molecule has 0 bridgehead atoms. The second-order valence-corrected chi connectivity index (χ2v) is 7.65. The van der Waals surface area contributed by atoms with E-state index in [0.717, 1.165) is 55.0 Å². The molecule has 0 spiro atoms. The number of nitrogens with two attached hydrogens (primary N) is 1. The van der Waals surface area contributed by atoms with Crippen LogP contribution in [0.1, 0.15) is 44.6 Å². The Morgan fingerprint density at radius 3 is 2.48 bits per heavy atom. The summed E-state index contributed by atoms with van der Waals surface area (Å²) in [5.74, 6) is -3.93. The van der Waals surface area contributed by atoms with Crippen molar-refractivity contribution in [3.63, 3.8) is 0 Å². The Morgan fingerprint density at radius 1 is 1.14 bits per heavy atom. The molecule has 2 aliphatic carbocycles. The number of ketones is 2. The van der Waals surface area contributed by atoms with Crippen LogP contribution in [0, 0.1) is 17.6 Å². The van der Waals surface area contributed by atoms with E-state index in [1.807, 2.05) is 0 Å². The van der Waals surface area contributed by atoms with Crippen molar-refractivity contribution in [2.45, 2.75) is 51.5 Å². The van der Waals surface area contributed by atoms with Crippen LogP contribution < -0.4 is 11.1 Å². The summed E-state index contributed by atoms with van der Waals surface area (Å²) in [7, 11) is 0. The molecule has 1 amide bonds. The Labute approximate surface area is 168 Å². The molecule has 154 valence electrons. The zero-order valence-electron chi connectivity index (χ0n) is 16.3. The van der Waals surface area contributed by atoms with Crippen LogP contribution in [-0.2, 0) is 20.8 Å². The molecule has 0 aliphatic heterocycles. The van der Waals surface area contributed by atoms with E-state index >= 15 is 0 Å². The first-order valence-corrected chi connectivity index (χ1v) is 9.77. The summed E-state index contributed by atoms with van der Waals surface area (Å²) in [4.78, 5) is 38.0. The summed E-state index contributed by atoms with van der Waals surface area (Å²) in [5, 5.41) is 2.54. The van der Waals surface area contributed by atoms with E-state index < -0.39 is 41.1 Å². The Bertz CT molecular complexity index is 900. The number of hydrogen-bond acceptors (Lipinski definition) is 4. The molecule has 7 heteroatoms. The van der Waals surface area contributed by atoms with Crippen molar-refractivity contribution in [1.82, 2.24) is 5.32 Å². The van der Waals surface area contributed by atoms with E-state index in [-0.39, 0.29) is 17.7 Å². The highest BCUT2D eigenvalue weighted by molar-refractivity contribution is 6.15. The van der Waals surface area contributed by atoms with Crippen LogP contribution in [0.4, 0.5) is 8.78 Å². The van der Waals surface area contributed by atoms with Crippen LogP contribution in [0.3, 0.4) is 0 Å². The molecule has 3 rings (SSSR count). The summed E-state index contributed by atoms with van der Waals surface area (Å²) in [6, 6.07) is 1.91.